The van der Waals surface area contributed by atoms with E-state index in [1.54, 1.807) is 48.5 Å². The fourth-order valence-corrected chi connectivity index (χ4v) is 4.50. The molecule has 0 bridgehead atoms. The van der Waals surface area contributed by atoms with E-state index >= 15 is 0 Å². The highest BCUT2D eigenvalue weighted by Gasteiger charge is 2.52. The number of nitrogens with one attached hydrogen (secondary N) is 2. The fourth-order valence-electron chi connectivity index (χ4n) is 4.50. The number of para-hydroxylation sites is 1. The van der Waals surface area contributed by atoms with Crippen LogP contribution in [0.2, 0.25) is 0 Å². The van der Waals surface area contributed by atoms with Crippen LogP contribution in [0.5, 0.6) is 5.75 Å². The molecule has 2 aromatic carbocycles. The van der Waals surface area contributed by atoms with Crippen LogP contribution in [0.4, 0.5) is 16.2 Å². The molecule has 31 heavy (non-hydrogen) atoms. The normalized spacial score (nSPS) is 22.0. The molecule has 1 atom stereocenters. The van der Waals surface area contributed by atoms with Crippen LogP contribution in [0, 0.1) is 0 Å². The van der Waals surface area contributed by atoms with Gasteiger partial charge in [-0.05, 0) is 31.0 Å². The molecule has 1 aliphatic carbocycles. The third kappa shape index (κ3) is 4.10. The Morgan fingerprint density at radius 2 is 1.81 bits per heavy atom. The Labute approximate surface area is 182 Å². The molecule has 3 amide bonds. The van der Waals surface area contributed by atoms with Gasteiger partial charge in [0.15, 0.2) is 0 Å². The summed E-state index contributed by atoms with van der Waals surface area (Å²) in [6, 6.07) is 13.0. The van der Waals surface area contributed by atoms with Crippen LogP contribution in [0.15, 0.2) is 48.5 Å². The van der Waals surface area contributed by atoms with Crippen molar-refractivity contribution in [3.05, 3.63) is 54.1 Å². The summed E-state index contributed by atoms with van der Waals surface area (Å²) in [5.41, 5.74) is -1.07. The Morgan fingerprint density at radius 1 is 1.10 bits per heavy atom. The molecule has 3 N–H and O–H groups in total. The van der Waals surface area contributed by atoms with Crippen LogP contribution < -0.4 is 20.3 Å². The molecular weight excluding hydrogens is 394 g/mol. The van der Waals surface area contributed by atoms with Crippen molar-refractivity contribution in [3.8, 4) is 5.75 Å². The van der Waals surface area contributed by atoms with E-state index in [-0.39, 0.29) is 6.04 Å². The summed E-state index contributed by atoms with van der Waals surface area (Å²) in [6.07, 6.45) is 7.35. The van der Waals surface area contributed by atoms with Crippen molar-refractivity contribution in [2.45, 2.75) is 56.7 Å². The predicted molar refractivity (Wildman–Crippen MR) is 119 cm³/mol. The lowest BCUT2D eigenvalue weighted by atomic mass is 9.92. The van der Waals surface area contributed by atoms with Gasteiger partial charge in [0.2, 0.25) is 0 Å². The number of carbonyl (C=O) groups is 2. The zero-order valence-electron chi connectivity index (χ0n) is 17.8. The second kappa shape index (κ2) is 8.98. The molecule has 1 heterocycles. The van der Waals surface area contributed by atoms with Crippen LogP contribution >= 0.6 is 0 Å². The first-order valence-corrected chi connectivity index (χ1v) is 10.9. The van der Waals surface area contributed by atoms with Gasteiger partial charge in [0.1, 0.15) is 5.75 Å². The Kier molecular flexibility index (Phi) is 6.13. The number of amides is 3. The summed E-state index contributed by atoms with van der Waals surface area (Å²) in [4.78, 5) is 27.8. The summed E-state index contributed by atoms with van der Waals surface area (Å²) in [6.45, 7) is 0. The van der Waals surface area contributed by atoms with E-state index in [2.05, 4.69) is 10.6 Å². The van der Waals surface area contributed by atoms with E-state index in [1.165, 1.54) is 13.5 Å². The average molecular weight is 424 g/mol. The number of hydrogen-bond donors (Lipinski definition) is 3. The monoisotopic (exact) mass is 423 g/mol. The third-order valence-corrected chi connectivity index (χ3v) is 6.14. The van der Waals surface area contributed by atoms with Gasteiger partial charge in [-0.1, -0.05) is 56.4 Å². The van der Waals surface area contributed by atoms with E-state index in [4.69, 9.17) is 4.74 Å². The molecule has 0 aromatic heterocycles. The van der Waals surface area contributed by atoms with Crippen LogP contribution in [-0.4, -0.2) is 30.2 Å². The maximum atomic E-state index is 13.6. The van der Waals surface area contributed by atoms with E-state index < -0.39 is 17.7 Å². The molecule has 2 aliphatic rings. The van der Waals surface area contributed by atoms with E-state index in [0.717, 1.165) is 43.4 Å². The van der Waals surface area contributed by atoms with Gasteiger partial charge in [-0.25, -0.2) is 4.79 Å². The summed E-state index contributed by atoms with van der Waals surface area (Å²) < 4.78 is 5.29. The predicted octanol–water partition coefficient (Wildman–Crippen LogP) is 4.12. The zero-order chi connectivity index (χ0) is 21.8. The first-order valence-electron chi connectivity index (χ1n) is 10.9. The summed E-state index contributed by atoms with van der Waals surface area (Å²) >= 11 is 0. The molecule has 0 saturated heterocycles. The minimum absolute atomic E-state index is 0.0267. The topological polar surface area (TPSA) is 90.9 Å². The maximum Gasteiger partial charge on any atom is 0.329 e. The Morgan fingerprint density at radius 3 is 2.55 bits per heavy atom. The molecule has 1 saturated carbocycles. The van der Waals surface area contributed by atoms with Gasteiger partial charge in [-0.2, -0.15) is 0 Å². The number of methoxy groups -OCH3 is 1. The molecule has 4 rings (SSSR count). The quantitative estimate of drug-likeness (QED) is 0.690. The first kappa shape index (κ1) is 21.2. The molecular formula is C24H29N3O4. The van der Waals surface area contributed by atoms with Gasteiger partial charge in [-0.3, -0.25) is 9.69 Å². The lowest BCUT2D eigenvalue weighted by Gasteiger charge is -2.43. The van der Waals surface area contributed by atoms with Gasteiger partial charge in [0, 0.05) is 17.7 Å². The molecule has 1 unspecified atom stereocenters. The van der Waals surface area contributed by atoms with Crippen LogP contribution in [0.3, 0.4) is 0 Å². The van der Waals surface area contributed by atoms with Crippen molar-refractivity contribution in [2.24, 2.45) is 0 Å². The minimum Gasteiger partial charge on any atom is -0.497 e. The van der Waals surface area contributed by atoms with Gasteiger partial charge < -0.3 is 20.5 Å². The van der Waals surface area contributed by atoms with Crippen LogP contribution in [-0.2, 0) is 10.5 Å². The SMILES string of the molecule is COc1cccc(N2C(=O)Nc3ccccc3C2(O)C(=O)NC2CCCCCCC2)c1. The number of aliphatic hydroxyl groups is 1. The van der Waals surface area contributed by atoms with Gasteiger partial charge in [-0.15, -0.1) is 0 Å². The van der Waals surface area contributed by atoms with Crippen molar-refractivity contribution in [3.63, 3.8) is 0 Å². The van der Waals surface area contributed by atoms with Gasteiger partial charge in [0.05, 0.1) is 18.5 Å². The Bertz CT molecular complexity index is 955. The lowest BCUT2D eigenvalue weighted by Crippen LogP contribution is -2.63. The van der Waals surface area contributed by atoms with Crippen molar-refractivity contribution >= 4 is 23.3 Å². The number of benzene rings is 2. The summed E-state index contributed by atoms with van der Waals surface area (Å²) in [5, 5.41) is 17.7. The first-order chi connectivity index (χ1) is 15.0. The average Bonchev–Trinajstić information content (AvgIpc) is 2.75. The third-order valence-electron chi connectivity index (χ3n) is 6.14. The zero-order valence-corrected chi connectivity index (χ0v) is 17.8. The van der Waals surface area contributed by atoms with Gasteiger partial charge >= 0.3 is 6.03 Å². The molecule has 2 aromatic rings. The summed E-state index contributed by atoms with van der Waals surface area (Å²) in [5.74, 6) is -0.0740. The number of urea groups is 1. The highest BCUT2D eigenvalue weighted by Crippen LogP contribution is 2.40. The standard InChI is InChI=1S/C24H29N3O4/c1-31-19-13-9-12-18(16-19)27-23(29)26-21-15-8-7-14-20(21)24(27,30)22(28)25-17-10-5-3-2-4-6-11-17/h7-9,12-17,30H,2-6,10-11H2,1H3,(H,25,28)(H,26,29). The lowest BCUT2D eigenvalue weighted by molar-refractivity contribution is -0.141. The highest BCUT2D eigenvalue weighted by atomic mass is 16.5. The number of carbonyl (C=O) groups excluding carboxylic acids is 2. The molecule has 1 fully saturated rings. The van der Waals surface area contributed by atoms with Crippen molar-refractivity contribution in [1.82, 2.24) is 5.32 Å². The van der Waals surface area contributed by atoms with E-state index in [0.29, 0.717) is 22.7 Å². The molecule has 1 aliphatic heterocycles. The van der Waals surface area contributed by atoms with E-state index in [9.17, 15) is 14.7 Å². The number of fused-ring (bicyclic) bond motifs is 1. The Balaban J connectivity index is 1.74. The molecule has 0 radical (unpaired) electrons. The largest absolute Gasteiger partial charge is 0.497 e. The Hall–Kier alpha value is -3.06. The number of anilines is 2. The second-order valence-corrected chi connectivity index (χ2v) is 8.20. The van der Waals surface area contributed by atoms with Gasteiger partial charge in [0.25, 0.3) is 11.6 Å². The minimum atomic E-state index is -2.19. The number of ether oxygens (including phenoxy) is 1. The second-order valence-electron chi connectivity index (χ2n) is 8.20. The van der Waals surface area contributed by atoms with Crippen LogP contribution in [0.1, 0.15) is 50.5 Å². The smallest absolute Gasteiger partial charge is 0.329 e. The maximum absolute atomic E-state index is 13.6. The van der Waals surface area contributed by atoms with Crippen molar-refractivity contribution in [2.75, 3.05) is 17.3 Å². The molecule has 7 nitrogen and oxygen atoms in total. The summed E-state index contributed by atoms with van der Waals surface area (Å²) in [7, 11) is 1.53. The molecule has 7 heteroatoms. The van der Waals surface area contributed by atoms with Crippen molar-refractivity contribution in [1.29, 1.82) is 0 Å². The van der Waals surface area contributed by atoms with E-state index in [1.807, 2.05) is 0 Å². The fraction of sp³-hybridized carbons (Fsp3) is 0.417. The number of hydrogen-bond acceptors (Lipinski definition) is 4. The number of nitrogens with zero attached hydrogens (tertiary/aromatic N) is 1. The molecule has 0 spiro atoms. The number of rotatable bonds is 4. The highest BCUT2D eigenvalue weighted by molar-refractivity contribution is 6.11. The molecule has 164 valence electrons. The van der Waals surface area contributed by atoms with Crippen LogP contribution in [0.25, 0.3) is 0 Å². The van der Waals surface area contributed by atoms with Crippen molar-refractivity contribution < 1.29 is 19.4 Å².